The minimum Gasteiger partial charge on any atom is -0.350 e. The molecule has 1 rings (SSSR count). The third-order valence-corrected chi connectivity index (χ3v) is 3.32. The van der Waals surface area contributed by atoms with E-state index in [1.807, 2.05) is 0 Å². The summed E-state index contributed by atoms with van der Waals surface area (Å²) in [5.74, 6) is -8.12. The van der Waals surface area contributed by atoms with E-state index in [0.717, 1.165) is 0 Å². The van der Waals surface area contributed by atoms with Gasteiger partial charge in [-0.05, 0) is 5.56 Å². The highest BCUT2D eigenvalue weighted by molar-refractivity contribution is 9.09. The third kappa shape index (κ3) is 4.52. The number of benzene rings is 1. The standard InChI is InChI=1S/C13H12BrF4NO2/c14-6-10(20)9(8-4-2-1-3-5-8)7-19-12(21)13(17,18)11(15)16/h1-5,9,11H,6-7H2,(H,19,21). The Hall–Kier alpha value is -1.44. The van der Waals surface area contributed by atoms with Crippen molar-refractivity contribution in [1.29, 1.82) is 0 Å². The summed E-state index contributed by atoms with van der Waals surface area (Å²) >= 11 is 2.95. The number of hydrogen-bond acceptors (Lipinski definition) is 2. The number of rotatable bonds is 7. The quantitative estimate of drug-likeness (QED) is 0.593. The second kappa shape index (κ2) is 7.53. The van der Waals surface area contributed by atoms with Crippen LogP contribution in [0.5, 0.6) is 0 Å². The summed E-state index contributed by atoms with van der Waals surface area (Å²) in [7, 11) is 0. The molecule has 3 nitrogen and oxygen atoms in total. The van der Waals surface area contributed by atoms with Crippen LogP contribution in [0.3, 0.4) is 0 Å². The largest absolute Gasteiger partial charge is 0.383 e. The van der Waals surface area contributed by atoms with Gasteiger partial charge in [0.1, 0.15) is 0 Å². The van der Waals surface area contributed by atoms with Crippen molar-refractivity contribution in [1.82, 2.24) is 5.32 Å². The average Bonchev–Trinajstić information content (AvgIpc) is 2.47. The molecule has 0 saturated carbocycles. The normalized spacial score (nSPS) is 13.0. The van der Waals surface area contributed by atoms with Crippen molar-refractivity contribution in [3.63, 3.8) is 0 Å². The van der Waals surface area contributed by atoms with Crippen LogP contribution in [0, 0.1) is 0 Å². The van der Waals surface area contributed by atoms with Gasteiger partial charge in [0.15, 0.2) is 5.78 Å². The fraction of sp³-hybridized carbons (Fsp3) is 0.385. The van der Waals surface area contributed by atoms with Crippen LogP contribution in [0.2, 0.25) is 0 Å². The van der Waals surface area contributed by atoms with Crippen LogP contribution in [0.1, 0.15) is 11.5 Å². The number of alkyl halides is 5. The highest BCUT2D eigenvalue weighted by Crippen LogP contribution is 2.23. The van der Waals surface area contributed by atoms with E-state index in [1.54, 1.807) is 35.6 Å². The first-order chi connectivity index (χ1) is 9.80. The molecular formula is C13H12BrF4NO2. The first-order valence-electron chi connectivity index (χ1n) is 5.88. The monoisotopic (exact) mass is 369 g/mol. The molecule has 0 heterocycles. The molecule has 21 heavy (non-hydrogen) atoms. The summed E-state index contributed by atoms with van der Waals surface area (Å²) in [6.07, 6.45) is -4.10. The minimum atomic E-state index is -4.78. The Balaban J connectivity index is 2.81. The number of carbonyl (C=O) groups is 2. The maximum atomic E-state index is 12.8. The molecule has 1 aromatic carbocycles. The molecule has 0 bridgehead atoms. The molecule has 0 fully saturated rings. The number of ketones is 1. The van der Waals surface area contributed by atoms with Gasteiger partial charge in [-0.3, -0.25) is 9.59 Å². The maximum absolute atomic E-state index is 12.8. The zero-order chi connectivity index (χ0) is 16.0. The Bertz CT molecular complexity index is 496. The van der Waals surface area contributed by atoms with Gasteiger partial charge in [0.2, 0.25) is 0 Å². The summed E-state index contributed by atoms with van der Waals surface area (Å²) in [6, 6.07) is 8.15. The van der Waals surface area contributed by atoms with Gasteiger partial charge in [0.25, 0.3) is 5.91 Å². The Morgan fingerprint density at radius 3 is 2.24 bits per heavy atom. The van der Waals surface area contributed by atoms with E-state index in [9.17, 15) is 27.2 Å². The zero-order valence-corrected chi connectivity index (χ0v) is 12.2. The molecule has 1 N–H and O–H groups in total. The van der Waals surface area contributed by atoms with E-state index in [4.69, 9.17) is 0 Å². The number of halogens is 5. The molecule has 1 unspecified atom stereocenters. The molecule has 0 aliphatic rings. The summed E-state index contributed by atoms with van der Waals surface area (Å²) in [6.45, 7) is -0.477. The molecule has 116 valence electrons. The fourth-order valence-corrected chi connectivity index (χ4v) is 2.00. The lowest BCUT2D eigenvalue weighted by atomic mass is 9.95. The van der Waals surface area contributed by atoms with Gasteiger partial charge in [0, 0.05) is 6.54 Å². The average molecular weight is 370 g/mol. The second-order valence-electron chi connectivity index (χ2n) is 4.20. The molecule has 0 saturated heterocycles. The van der Waals surface area contributed by atoms with Crippen LogP contribution in [-0.2, 0) is 9.59 Å². The van der Waals surface area contributed by atoms with Crippen molar-refractivity contribution in [2.75, 3.05) is 11.9 Å². The van der Waals surface area contributed by atoms with Crippen molar-refractivity contribution in [2.45, 2.75) is 18.3 Å². The number of Topliss-reactive ketones (excluding diaryl/α,β-unsaturated/α-hetero) is 1. The van der Waals surface area contributed by atoms with Gasteiger partial charge in [-0.1, -0.05) is 46.3 Å². The van der Waals surface area contributed by atoms with Crippen LogP contribution in [0.15, 0.2) is 30.3 Å². The van der Waals surface area contributed by atoms with Gasteiger partial charge in [-0.15, -0.1) is 0 Å². The summed E-state index contributed by atoms with van der Waals surface area (Å²) in [5.41, 5.74) is 0.502. The van der Waals surface area contributed by atoms with Crippen LogP contribution in [0.4, 0.5) is 17.6 Å². The van der Waals surface area contributed by atoms with Gasteiger partial charge < -0.3 is 5.32 Å². The van der Waals surface area contributed by atoms with Crippen molar-refractivity contribution < 1.29 is 27.2 Å². The number of amides is 1. The van der Waals surface area contributed by atoms with Crippen molar-refractivity contribution in [2.24, 2.45) is 0 Å². The lowest BCUT2D eigenvalue weighted by Gasteiger charge is -2.19. The van der Waals surface area contributed by atoms with E-state index in [1.165, 1.54) is 0 Å². The van der Waals surface area contributed by atoms with E-state index in [2.05, 4.69) is 15.9 Å². The molecule has 0 aromatic heterocycles. The van der Waals surface area contributed by atoms with Crippen LogP contribution in [-0.4, -0.2) is 35.9 Å². The van der Waals surface area contributed by atoms with Crippen LogP contribution in [0.25, 0.3) is 0 Å². The van der Waals surface area contributed by atoms with Crippen LogP contribution >= 0.6 is 15.9 Å². The van der Waals surface area contributed by atoms with Crippen molar-refractivity contribution in [3.05, 3.63) is 35.9 Å². The highest BCUT2D eigenvalue weighted by atomic mass is 79.9. The zero-order valence-electron chi connectivity index (χ0n) is 10.7. The number of nitrogens with one attached hydrogen (secondary N) is 1. The van der Waals surface area contributed by atoms with Crippen LogP contribution < -0.4 is 5.32 Å². The Morgan fingerprint density at radius 1 is 1.19 bits per heavy atom. The molecular weight excluding hydrogens is 358 g/mol. The first-order valence-corrected chi connectivity index (χ1v) is 7.00. The molecule has 0 spiro atoms. The summed E-state index contributed by atoms with van der Waals surface area (Å²) in [5, 5.41) is 1.66. The SMILES string of the molecule is O=C(CBr)C(CNC(=O)C(F)(F)C(F)F)c1ccccc1. The fourth-order valence-electron chi connectivity index (χ4n) is 1.61. The van der Waals surface area contributed by atoms with Gasteiger partial charge in [-0.25, -0.2) is 8.78 Å². The predicted molar refractivity (Wildman–Crippen MR) is 71.9 cm³/mol. The van der Waals surface area contributed by atoms with Gasteiger partial charge in [-0.2, -0.15) is 8.78 Å². The number of carbonyl (C=O) groups excluding carboxylic acids is 2. The van der Waals surface area contributed by atoms with E-state index < -0.39 is 30.7 Å². The summed E-state index contributed by atoms with van der Waals surface area (Å²) in [4.78, 5) is 22.9. The van der Waals surface area contributed by atoms with Crippen molar-refractivity contribution in [3.8, 4) is 0 Å². The van der Waals surface area contributed by atoms with Gasteiger partial charge >= 0.3 is 12.3 Å². The molecule has 0 radical (unpaired) electrons. The number of hydrogen-bond donors (Lipinski definition) is 1. The molecule has 0 aliphatic heterocycles. The smallest absolute Gasteiger partial charge is 0.350 e. The molecule has 1 atom stereocenters. The van der Waals surface area contributed by atoms with Crippen molar-refractivity contribution >= 4 is 27.6 Å². The first kappa shape index (κ1) is 17.6. The van der Waals surface area contributed by atoms with E-state index in [-0.39, 0.29) is 11.1 Å². The highest BCUT2D eigenvalue weighted by Gasteiger charge is 2.48. The third-order valence-electron chi connectivity index (χ3n) is 2.77. The Morgan fingerprint density at radius 2 is 1.76 bits per heavy atom. The molecule has 0 aliphatic carbocycles. The van der Waals surface area contributed by atoms with Gasteiger partial charge in [0.05, 0.1) is 11.2 Å². The second-order valence-corrected chi connectivity index (χ2v) is 4.76. The minimum absolute atomic E-state index is 0.0479. The van der Waals surface area contributed by atoms with E-state index in [0.29, 0.717) is 5.56 Å². The molecule has 8 heteroatoms. The topological polar surface area (TPSA) is 46.2 Å². The lowest BCUT2D eigenvalue weighted by molar-refractivity contribution is -0.169. The predicted octanol–water partition coefficient (Wildman–Crippen LogP) is 2.75. The Labute approximate surface area is 126 Å². The van der Waals surface area contributed by atoms with E-state index >= 15 is 0 Å². The molecule has 1 amide bonds. The summed E-state index contributed by atoms with van der Waals surface area (Å²) < 4.78 is 49.7. The molecule has 1 aromatic rings. The lowest BCUT2D eigenvalue weighted by Crippen LogP contribution is -2.47. The Kier molecular flexibility index (Phi) is 6.32. The maximum Gasteiger partial charge on any atom is 0.383 e.